The zero-order valence-corrected chi connectivity index (χ0v) is 10.2. The molecule has 0 heterocycles. The molecule has 82 valence electrons. The van der Waals surface area contributed by atoms with Gasteiger partial charge in [0.05, 0.1) is 6.10 Å². The lowest BCUT2D eigenvalue weighted by Crippen LogP contribution is -2.15. The lowest BCUT2D eigenvalue weighted by Gasteiger charge is -2.18. The molecule has 0 aliphatic heterocycles. The molecule has 0 saturated heterocycles. The highest BCUT2D eigenvalue weighted by molar-refractivity contribution is 4.98. The molecule has 0 rings (SSSR count). The Kier molecular flexibility index (Phi) is 5.78. The fourth-order valence-corrected chi connectivity index (χ4v) is 1.16. The van der Waals surface area contributed by atoms with Crippen molar-refractivity contribution in [2.75, 3.05) is 7.11 Å². The third kappa shape index (κ3) is 5.98. The van der Waals surface area contributed by atoms with Gasteiger partial charge in [0.1, 0.15) is 0 Å². The maximum Gasteiger partial charge on any atom is 0.0811 e. The number of methoxy groups -OCH3 is 1. The largest absolute Gasteiger partial charge is 0.377 e. The first-order valence-electron chi connectivity index (χ1n) is 5.22. The lowest BCUT2D eigenvalue weighted by molar-refractivity contribution is 0.112. The van der Waals surface area contributed by atoms with E-state index in [4.69, 9.17) is 4.74 Å². The summed E-state index contributed by atoms with van der Waals surface area (Å²) in [5.41, 5.74) is 0.353. The van der Waals surface area contributed by atoms with E-state index in [9.17, 15) is 0 Å². The van der Waals surface area contributed by atoms with Gasteiger partial charge in [-0.15, -0.1) is 6.58 Å². The molecule has 14 heavy (non-hydrogen) atoms. The standard InChI is InChI=1S/C13H24O/c1-7-11(2)12(14-6)9-8-10-13(3,4)5/h7-9,11-12H,1,10H2,2-6H3/b9-8-. The van der Waals surface area contributed by atoms with E-state index in [1.807, 2.05) is 6.08 Å². The molecular formula is C13H24O. The molecule has 0 aromatic carbocycles. The van der Waals surface area contributed by atoms with Crippen molar-refractivity contribution in [2.45, 2.75) is 40.2 Å². The van der Waals surface area contributed by atoms with E-state index in [2.05, 4.69) is 46.4 Å². The van der Waals surface area contributed by atoms with Gasteiger partial charge in [-0.3, -0.25) is 0 Å². The average Bonchev–Trinajstić information content (AvgIpc) is 2.09. The van der Waals surface area contributed by atoms with Crippen LogP contribution in [0.2, 0.25) is 0 Å². The Morgan fingerprint density at radius 1 is 1.36 bits per heavy atom. The monoisotopic (exact) mass is 196 g/mol. The van der Waals surface area contributed by atoms with Crippen LogP contribution in [0.15, 0.2) is 24.8 Å². The van der Waals surface area contributed by atoms with E-state index in [1.165, 1.54) is 0 Å². The van der Waals surface area contributed by atoms with Crippen molar-refractivity contribution in [3.8, 4) is 0 Å². The van der Waals surface area contributed by atoms with E-state index < -0.39 is 0 Å². The molecule has 0 N–H and O–H groups in total. The van der Waals surface area contributed by atoms with Crippen molar-refractivity contribution >= 4 is 0 Å². The molecule has 1 heteroatoms. The van der Waals surface area contributed by atoms with Crippen LogP contribution in [-0.4, -0.2) is 13.2 Å². The summed E-state index contributed by atoms with van der Waals surface area (Å²) in [5.74, 6) is 0.371. The number of rotatable bonds is 5. The smallest absolute Gasteiger partial charge is 0.0811 e. The Morgan fingerprint density at radius 2 is 1.93 bits per heavy atom. The second kappa shape index (κ2) is 6.02. The summed E-state index contributed by atoms with van der Waals surface area (Å²) < 4.78 is 5.36. The van der Waals surface area contributed by atoms with Gasteiger partial charge in [0.25, 0.3) is 0 Å². The molecule has 0 aliphatic carbocycles. The van der Waals surface area contributed by atoms with Crippen molar-refractivity contribution in [3.63, 3.8) is 0 Å². The van der Waals surface area contributed by atoms with Crippen LogP contribution in [0.5, 0.6) is 0 Å². The van der Waals surface area contributed by atoms with Crippen LogP contribution in [0.1, 0.15) is 34.1 Å². The molecule has 0 fully saturated rings. The maximum atomic E-state index is 5.36. The van der Waals surface area contributed by atoms with Crippen LogP contribution in [0, 0.1) is 11.3 Å². The van der Waals surface area contributed by atoms with Crippen LogP contribution in [0.25, 0.3) is 0 Å². The first-order valence-corrected chi connectivity index (χ1v) is 5.22. The highest BCUT2D eigenvalue weighted by Gasteiger charge is 2.11. The fourth-order valence-electron chi connectivity index (χ4n) is 1.16. The SMILES string of the molecule is C=CC(C)C(/C=C\CC(C)(C)C)OC. The van der Waals surface area contributed by atoms with E-state index in [1.54, 1.807) is 7.11 Å². The van der Waals surface area contributed by atoms with Crippen LogP contribution in [0.4, 0.5) is 0 Å². The summed E-state index contributed by atoms with van der Waals surface area (Å²) in [6.07, 6.45) is 7.51. The number of allylic oxidation sites excluding steroid dienone is 1. The Morgan fingerprint density at radius 3 is 2.29 bits per heavy atom. The van der Waals surface area contributed by atoms with E-state index in [0.717, 1.165) is 6.42 Å². The Labute approximate surface area is 88.9 Å². The molecule has 0 amide bonds. The quantitative estimate of drug-likeness (QED) is 0.607. The normalized spacial score (nSPS) is 16.9. The molecule has 2 unspecified atom stereocenters. The van der Waals surface area contributed by atoms with Crippen molar-refractivity contribution < 1.29 is 4.74 Å². The van der Waals surface area contributed by atoms with Crippen LogP contribution in [-0.2, 0) is 4.74 Å². The predicted molar refractivity (Wildman–Crippen MR) is 63.4 cm³/mol. The zero-order chi connectivity index (χ0) is 11.2. The molecule has 0 aromatic heterocycles. The highest BCUT2D eigenvalue weighted by Crippen LogP contribution is 2.19. The van der Waals surface area contributed by atoms with Crippen molar-refractivity contribution in [1.29, 1.82) is 0 Å². The summed E-state index contributed by atoms with van der Waals surface area (Å²) in [5, 5.41) is 0. The molecule has 0 aliphatic rings. The topological polar surface area (TPSA) is 9.23 Å². The Hall–Kier alpha value is -0.560. The minimum Gasteiger partial charge on any atom is -0.377 e. The highest BCUT2D eigenvalue weighted by atomic mass is 16.5. The summed E-state index contributed by atoms with van der Waals surface area (Å²) >= 11 is 0. The third-order valence-electron chi connectivity index (χ3n) is 2.22. The first-order chi connectivity index (χ1) is 6.40. The van der Waals surface area contributed by atoms with E-state index >= 15 is 0 Å². The van der Waals surface area contributed by atoms with E-state index in [-0.39, 0.29) is 6.10 Å². The van der Waals surface area contributed by atoms with Gasteiger partial charge in [0, 0.05) is 13.0 Å². The molecular weight excluding hydrogens is 172 g/mol. The molecule has 1 nitrogen and oxygen atoms in total. The summed E-state index contributed by atoms with van der Waals surface area (Å²) in [6, 6.07) is 0. The van der Waals surface area contributed by atoms with Crippen molar-refractivity contribution in [2.24, 2.45) is 11.3 Å². The van der Waals surface area contributed by atoms with Gasteiger partial charge in [0.15, 0.2) is 0 Å². The summed E-state index contributed by atoms with van der Waals surface area (Å²) in [6.45, 7) is 12.6. The van der Waals surface area contributed by atoms with Gasteiger partial charge in [-0.1, -0.05) is 45.9 Å². The molecule has 0 aromatic rings. The van der Waals surface area contributed by atoms with Gasteiger partial charge in [-0.05, 0) is 11.8 Å². The molecule has 0 spiro atoms. The lowest BCUT2D eigenvalue weighted by atomic mass is 9.91. The fraction of sp³-hybridized carbons (Fsp3) is 0.692. The van der Waals surface area contributed by atoms with Gasteiger partial charge < -0.3 is 4.74 Å². The molecule has 2 atom stereocenters. The van der Waals surface area contributed by atoms with Gasteiger partial charge in [-0.25, -0.2) is 0 Å². The third-order valence-corrected chi connectivity index (χ3v) is 2.22. The first kappa shape index (κ1) is 13.4. The Balaban J connectivity index is 4.11. The van der Waals surface area contributed by atoms with Crippen LogP contribution in [0.3, 0.4) is 0 Å². The Bertz CT molecular complexity index is 186. The van der Waals surface area contributed by atoms with Crippen LogP contribution < -0.4 is 0 Å². The van der Waals surface area contributed by atoms with Gasteiger partial charge in [0.2, 0.25) is 0 Å². The number of ether oxygens (including phenoxy) is 1. The van der Waals surface area contributed by atoms with Crippen LogP contribution >= 0.6 is 0 Å². The molecule has 0 saturated carbocycles. The second-order valence-corrected chi connectivity index (χ2v) is 4.99. The average molecular weight is 196 g/mol. The summed E-state index contributed by atoms with van der Waals surface area (Å²) in [7, 11) is 1.74. The van der Waals surface area contributed by atoms with Gasteiger partial charge >= 0.3 is 0 Å². The molecule has 0 bridgehead atoms. The molecule has 0 radical (unpaired) electrons. The maximum absolute atomic E-state index is 5.36. The minimum atomic E-state index is 0.162. The number of hydrogen-bond acceptors (Lipinski definition) is 1. The van der Waals surface area contributed by atoms with Gasteiger partial charge in [-0.2, -0.15) is 0 Å². The second-order valence-electron chi connectivity index (χ2n) is 4.99. The zero-order valence-electron chi connectivity index (χ0n) is 10.2. The number of hydrogen-bond donors (Lipinski definition) is 0. The van der Waals surface area contributed by atoms with E-state index in [0.29, 0.717) is 11.3 Å². The summed E-state index contributed by atoms with van der Waals surface area (Å²) in [4.78, 5) is 0. The van der Waals surface area contributed by atoms with Crippen molar-refractivity contribution in [1.82, 2.24) is 0 Å². The minimum absolute atomic E-state index is 0.162. The predicted octanol–water partition coefficient (Wildman–Crippen LogP) is 3.82. The van der Waals surface area contributed by atoms with Crippen molar-refractivity contribution in [3.05, 3.63) is 24.8 Å².